The van der Waals surface area contributed by atoms with E-state index < -0.39 is 50.3 Å². The number of ether oxygens (including phenoxy) is 1. The molecule has 4 aromatic rings. The number of rotatable bonds is 9. The number of carbonyl (C=O) groups excluding carboxylic acids is 1. The molecule has 2 aromatic carbocycles. The minimum atomic E-state index is -4.82. The van der Waals surface area contributed by atoms with E-state index in [0.29, 0.717) is 24.2 Å². The van der Waals surface area contributed by atoms with Gasteiger partial charge in [0.15, 0.2) is 10.7 Å². The molecule has 0 fully saturated rings. The summed E-state index contributed by atoms with van der Waals surface area (Å²) in [5, 5.41) is 7.54. The Morgan fingerprint density at radius 3 is 2.61 bits per heavy atom. The van der Waals surface area contributed by atoms with E-state index in [4.69, 9.17) is 10.5 Å². The highest BCUT2D eigenvalue weighted by Crippen LogP contribution is 2.39. The van der Waals surface area contributed by atoms with Gasteiger partial charge in [0, 0.05) is 29.6 Å². The molecule has 0 saturated heterocycles. The van der Waals surface area contributed by atoms with Crippen molar-refractivity contribution in [3.05, 3.63) is 71.8 Å². The van der Waals surface area contributed by atoms with Crippen LogP contribution in [0.15, 0.2) is 53.6 Å². The highest BCUT2D eigenvalue weighted by atomic mass is 32.2. The number of nitrogens with zero attached hydrogens (tertiary/aromatic N) is 4. The number of hydrogen-bond donors (Lipinski definition) is 3. The third-order valence-electron chi connectivity index (χ3n) is 6.30. The number of aryl methyl sites for hydroxylation is 1. The summed E-state index contributed by atoms with van der Waals surface area (Å²) < 4.78 is 78.5. The Morgan fingerprint density at radius 1 is 1.15 bits per heavy atom. The summed E-state index contributed by atoms with van der Waals surface area (Å²) in [6, 6.07) is 8.18. The van der Waals surface area contributed by atoms with Crippen molar-refractivity contribution in [3.63, 3.8) is 0 Å². The lowest BCUT2D eigenvalue weighted by Gasteiger charge is -2.14. The molecule has 1 aliphatic rings. The Hall–Kier alpha value is -4.66. The van der Waals surface area contributed by atoms with Gasteiger partial charge in [-0.2, -0.15) is 5.10 Å². The van der Waals surface area contributed by atoms with E-state index in [1.54, 1.807) is 17.7 Å². The molecule has 11 nitrogen and oxygen atoms in total. The molecule has 4 N–H and O–H groups in total. The molecule has 5 rings (SSSR count). The van der Waals surface area contributed by atoms with Crippen LogP contribution in [0.2, 0.25) is 0 Å². The van der Waals surface area contributed by atoms with Crippen LogP contribution >= 0.6 is 0 Å². The largest absolute Gasteiger partial charge is 0.445 e. The van der Waals surface area contributed by atoms with E-state index in [1.165, 1.54) is 18.3 Å². The summed E-state index contributed by atoms with van der Waals surface area (Å²) in [7, 11) is -4.82. The van der Waals surface area contributed by atoms with Crippen LogP contribution in [0, 0.1) is 17.5 Å². The smallest absolute Gasteiger partial charge is 0.404 e. The second-order valence-corrected chi connectivity index (χ2v) is 10.8. The molecule has 3 heterocycles. The number of hydrogen-bond acceptors (Lipinski definition) is 8. The second kappa shape index (κ2) is 11.1. The van der Waals surface area contributed by atoms with Crippen molar-refractivity contribution in [2.75, 3.05) is 16.6 Å². The van der Waals surface area contributed by atoms with E-state index in [0.717, 1.165) is 36.4 Å². The molecular weight excluding hydrogens is 563 g/mol. The number of carbonyl (C=O) groups is 1. The molecule has 41 heavy (non-hydrogen) atoms. The average molecular weight is 588 g/mol. The first-order chi connectivity index (χ1) is 19.5. The van der Waals surface area contributed by atoms with Crippen molar-refractivity contribution in [1.82, 2.24) is 19.7 Å². The van der Waals surface area contributed by atoms with Crippen LogP contribution in [0.4, 0.5) is 29.6 Å². The van der Waals surface area contributed by atoms with Gasteiger partial charge >= 0.3 is 6.09 Å². The molecule has 0 saturated carbocycles. The minimum Gasteiger partial charge on any atom is -0.445 e. The fourth-order valence-corrected chi connectivity index (χ4v) is 5.78. The number of fused-ring (bicyclic) bond motifs is 1. The fraction of sp³-hybridized carbons (Fsp3) is 0.231. The normalized spacial score (nSPS) is 13.5. The molecule has 0 radical (unpaired) electrons. The van der Waals surface area contributed by atoms with Gasteiger partial charge in [-0.3, -0.25) is 9.40 Å². The molecule has 2 aromatic heterocycles. The topological polar surface area (TPSA) is 154 Å². The van der Waals surface area contributed by atoms with E-state index >= 15 is 4.39 Å². The van der Waals surface area contributed by atoms with Crippen LogP contribution in [0.5, 0.6) is 0 Å². The van der Waals surface area contributed by atoms with Gasteiger partial charge in [0.1, 0.15) is 23.4 Å². The fourth-order valence-electron chi connectivity index (χ4n) is 4.58. The van der Waals surface area contributed by atoms with Gasteiger partial charge in [-0.25, -0.2) is 36.4 Å². The molecule has 214 valence electrons. The third kappa shape index (κ3) is 5.66. The summed E-state index contributed by atoms with van der Waals surface area (Å²) in [6.45, 7) is 2.39. The predicted molar refractivity (Wildman–Crippen MR) is 143 cm³/mol. The molecule has 1 atom stereocenters. The first kappa shape index (κ1) is 27.9. The molecule has 0 aliphatic carbocycles. The maximum Gasteiger partial charge on any atom is 0.404 e. The minimum absolute atomic E-state index is 0.0484. The van der Waals surface area contributed by atoms with Crippen LogP contribution in [0.1, 0.15) is 19.0 Å². The number of aromatic nitrogens is 4. The predicted octanol–water partition coefficient (Wildman–Crippen LogP) is 4.07. The van der Waals surface area contributed by atoms with Crippen LogP contribution in [-0.2, 0) is 27.7 Å². The van der Waals surface area contributed by atoms with Gasteiger partial charge in [0.2, 0.25) is 5.95 Å². The van der Waals surface area contributed by atoms with Crippen LogP contribution in [-0.4, -0.2) is 46.9 Å². The zero-order valence-electron chi connectivity index (χ0n) is 21.6. The molecule has 0 bridgehead atoms. The molecule has 15 heteroatoms. The second-order valence-electron chi connectivity index (χ2n) is 9.21. The van der Waals surface area contributed by atoms with Crippen molar-refractivity contribution >= 4 is 27.8 Å². The summed E-state index contributed by atoms with van der Waals surface area (Å²) >= 11 is 0. The van der Waals surface area contributed by atoms with Gasteiger partial charge in [0.05, 0.1) is 17.9 Å². The number of nitrogens with two attached hydrogens (primary N) is 1. The molecule has 0 unspecified atom stereocenters. The van der Waals surface area contributed by atoms with Gasteiger partial charge in [-0.15, -0.1) is 0 Å². The summed E-state index contributed by atoms with van der Waals surface area (Å²) in [5.74, 6) is -3.41. The first-order valence-corrected chi connectivity index (χ1v) is 13.9. The molecule has 1 aliphatic heterocycles. The zero-order chi connectivity index (χ0) is 29.3. The van der Waals surface area contributed by atoms with Crippen molar-refractivity contribution < 1.29 is 31.1 Å². The highest BCUT2D eigenvalue weighted by molar-refractivity contribution is 7.92. The van der Waals surface area contributed by atoms with E-state index in [1.807, 2.05) is 4.72 Å². The van der Waals surface area contributed by atoms with Crippen LogP contribution < -0.4 is 15.8 Å². The molecule has 0 spiro atoms. The number of primary amides is 1. The lowest BCUT2D eigenvalue weighted by molar-refractivity contribution is 0.122. The third-order valence-corrected chi connectivity index (χ3v) is 7.72. The number of anilines is 2. The number of halogens is 3. The van der Waals surface area contributed by atoms with Crippen LogP contribution in [0.25, 0.3) is 22.5 Å². The van der Waals surface area contributed by atoms with E-state index in [-0.39, 0.29) is 23.8 Å². The lowest BCUT2D eigenvalue weighted by Crippen LogP contribution is -2.26. The van der Waals surface area contributed by atoms with Gasteiger partial charge < -0.3 is 15.8 Å². The van der Waals surface area contributed by atoms with Gasteiger partial charge in [0.25, 0.3) is 10.0 Å². The Kier molecular flexibility index (Phi) is 7.53. The van der Waals surface area contributed by atoms with Crippen molar-refractivity contribution in [2.45, 2.75) is 37.3 Å². The quantitative estimate of drug-likeness (QED) is 0.265. The lowest BCUT2D eigenvalue weighted by atomic mass is 10.0. The zero-order valence-corrected chi connectivity index (χ0v) is 22.4. The van der Waals surface area contributed by atoms with Crippen molar-refractivity contribution in [1.29, 1.82) is 0 Å². The summed E-state index contributed by atoms with van der Waals surface area (Å²) in [5.41, 5.74) is 6.42. The van der Waals surface area contributed by atoms with Crippen molar-refractivity contribution in [2.24, 2.45) is 5.73 Å². The maximum atomic E-state index is 15.9. The van der Waals surface area contributed by atoms with Gasteiger partial charge in [-0.05, 0) is 50.1 Å². The summed E-state index contributed by atoms with van der Waals surface area (Å²) in [4.78, 5) is 18.5. The monoisotopic (exact) mass is 587 g/mol. The van der Waals surface area contributed by atoms with Crippen LogP contribution in [0.3, 0.4) is 0 Å². The Morgan fingerprint density at radius 2 is 1.88 bits per heavy atom. The molecular formula is C26H24F3N7O4S. The van der Waals surface area contributed by atoms with Gasteiger partial charge in [-0.1, -0.05) is 12.1 Å². The van der Waals surface area contributed by atoms with E-state index in [2.05, 4.69) is 20.4 Å². The number of amides is 1. The van der Waals surface area contributed by atoms with E-state index in [9.17, 15) is 22.0 Å². The SMILES string of the molecule is C[C@@H](CNc1nccc(-c2c(-c3cccc(NS(=O)(=O)c4c(F)cccc4F)c3F)nn3c2CCC3)n1)OC(N)=O. The maximum absolute atomic E-state index is 15.9. The Balaban J connectivity index is 1.52. The summed E-state index contributed by atoms with van der Waals surface area (Å²) in [6.07, 6.45) is 1.47. The Labute approximate surface area is 232 Å². The van der Waals surface area contributed by atoms with Crippen molar-refractivity contribution in [3.8, 4) is 22.5 Å². The average Bonchev–Trinajstić information content (AvgIpc) is 3.50. The number of sulfonamides is 1. The first-order valence-electron chi connectivity index (χ1n) is 12.4. The molecule has 1 amide bonds. The Bertz CT molecular complexity index is 1730. The standard InChI is InChI=1S/C26H24F3N7O4S/c1-14(40-25(30)37)13-32-26-31-11-10-18(33-26)21-20-9-4-12-36(20)34-23(21)15-5-2-8-19(22(15)29)35-41(38,39)24-16(27)6-3-7-17(24)28/h2-3,5-8,10-11,14,35H,4,9,12-13H2,1H3,(H2,30,37)(H,31,32,33)/t14-/m0/s1. The highest BCUT2D eigenvalue weighted by Gasteiger charge is 2.29. The number of benzene rings is 2. The number of nitrogens with one attached hydrogen (secondary N) is 2.